The van der Waals surface area contributed by atoms with Crippen LogP contribution in [0.3, 0.4) is 0 Å². The lowest BCUT2D eigenvalue weighted by atomic mass is 9.98. The van der Waals surface area contributed by atoms with Gasteiger partial charge in [-0.25, -0.2) is 4.79 Å². The molecule has 66 heavy (non-hydrogen) atoms. The highest BCUT2D eigenvalue weighted by Gasteiger charge is 2.33. The van der Waals surface area contributed by atoms with Crippen LogP contribution in [-0.4, -0.2) is 114 Å². The molecular weight excluding hydrogens is 851 g/mol. The summed E-state index contributed by atoms with van der Waals surface area (Å²) in [6.45, 7) is 20.5. The van der Waals surface area contributed by atoms with E-state index in [0.717, 1.165) is 0 Å². The highest BCUT2D eigenvalue weighted by atomic mass is 16.4. The van der Waals surface area contributed by atoms with E-state index in [0.29, 0.717) is 18.4 Å². The van der Waals surface area contributed by atoms with E-state index in [1.54, 1.807) is 71.9 Å². The van der Waals surface area contributed by atoms with Crippen LogP contribution in [0.4, 0.5) is 0 Å². The molecule has 0 spiro atoms. The monoisotopic (exact) mass is 930 g/mol. The topological polar surface area (TPSA) is 296 Å². The van der Waals surface area contributed by atoms with Crippen LogP contribution in [0.5, 0.6) is 0 Å². The van der Waals surface area contributed by atoms with Gasteiger partial charge in [0.1, 0.15) is 36.3 Å². The van der Waals surface area contributed by atoms with Crippen LogP contribution in [-0.2, 0) is 49.6 Å². The summed E-state index contributed by atoms with van der Waals surface area (Å²) in [4.78, 5) is 119. The number of aliphatic carboxylic acids is 1. The average molecular weight is 930 g/mol. The number of benzene rings is 1. The number of hydrogen-bond acceptors (Lipinski definition) is 10. The second kappa shape index (κ2) is 29.1. The summed E-state index contributed by atoms with van der Waals surface area (Å²) < 4.78 is 0. The summed E-state index contributed by atoms with van der Waals surface area (Å²) in [5.41, 5.74) is 6.70. The molecule has 0 heterocycles. The van der Waals surface area contributed by atoms with Gasteiger partial charge in [0.2, 0.25) is 47.3 Å². The minimum Gasteiger partial charge on any atom is -0.480 e. The lowest BCUT2D eigenvalue weighted by molar-refractivity contribution is -0.143. The van der Waals surface area contributed by atoms with Crippen LogP contribution in [0.2, 0.25) is 0 Å². The van der Waals surface area contributed by atoms with Gasteiger partial charge in [-0.15, -0.1) is 0 Å². The van der Waals surface area contributed by atoms with Crippen molar-refractivity contribution in [3.05, 3.63) is 35.9 Å². The Labute approximate surface area is 390 Å². The number of nitrogens with one attached hydrogen (secondary N) is 8. The van der Waals surface area contributed by atoms with Crippen molar-refractivity contribution in [1.82, 2.24) is 42.5 Å². The molecule has 0 unspecified atom stereocenters. The molecule has 0 saturated heterocycles. The SMILES string of the molecule is CC[C@H](C)[C@H](NC(=O)CNC(=O)[C@H](CC(C)C)NC(=O)[C@H](CC(C)C)NC(=O)[C@@H](N)C(C)C)C(=O)NCC(=O)N[C@@H](Cc1ccccc1)C(=O)N[C@@H](CC(C)C)C(=O)N[C@H](C(=O)O)C(C)C. The van der Waals surface area contributed by atoms with E-state index in [9.17, 15) is 48.3 Å². The fraction of sp³-hybridized carbons (Fsp3) is 0.681. The molecule has 1 rings (SSSR count). The van der Waals surface area contributed by atoms with Gasteiger partial charge in [0.15, 0.2) is 0 Å². The summed E-state index contributed by atoms with van der Waals surface area (Å²) in [7, 11) is 0. The fourth-order valence-electron chi connectivity index (χ4n) is 6.79. The third-order valence-electron chi connectivity index (χ3n) is 10.9. The van der Waals surface area contributed by atoms with Gasteiger partial charge in [0.25, 0.3) is 0 Å². The summed E-state index contributed by atoms with van der Waals surface area (Å²) in [5.74, 6) is -7.59. The van der Waals surface area contributed by atoms with Crippen LogP contribution in [0.15, 0.2) is 30.3 Å². The molecule has 8 amide bonds. The predicted molar refractivity (Wildman–Crippen MR) is 251 cm³/mol. The van der Waals surface area contributed by atoms with E-state index < -0.39 is 120 Å². The summed E-state index contributed by atoms with van der Waals surface area (Å²) in [5, 5.41) is 30.6. The number of hydrogen-bond donors (Lipinski definition) is 10. The first kappa shape index (κ1) is 58.4. The Morgan fingerprint density at radius 3 is 1.36 bits per heavy atom. The predicted octanol–water partition coefficient (Wildman–Crippen LogP) is 1.28. The number of rotatable bonds is 29. The molecule has 8 atom stereocenters. The van der Waals surface area contributed by atoms with E-state index in [2.05, 4.69) is 42.5 Å². The zero-order valence-electron chi connectivity index (χ0n) is 41.0. The first-order chi connectivity index (χ1) is 30.8. The molecule has 19 nitrogen and oxygen atoms in total. The van der Waals surface area contributed by atoms with Gasteiger partial charge in [-0.05, 0) is 60.3 Å². The Kier molecular flexibility index (Phi) is 25.8. The van der Waals surface area contributed by atoms with Gasteiger partial charge < -0.3 is 53.4 Å². The molecular formula is C47H79N9O10. The molecule has 0 fully saturated rings. The van der Waals surface area contributed by atoms with E-state index in [1.807, 2.05) is 41.5 Å². The molecule has 0 aliphatic rings. The van der Waals surface area contributed by atoms with Gasteiger partial charge in [-0.1, -0.05) is 120 Å². The minimum atomic E-state index is -1.22. The Balaban J connectivity index is 3.11. The number of carboxylic acids is 1. The minimum absolute atomic E-state index is 0.0198. The summed E-state index contributed by atoms with van der Waals surface area (Å²) >= 11 is 0. The Bertz CT molecular complexity index is 1770. The fourth-order valence-corrected chi connectivity index (χ4v) is 6.79. The van der Waals surface area contributed by atoms with Crippen molar-refractivity contribution in [1.29, 1.82) is 0 Å². The molecule has 1 aromatic rings. The Morgan fingerprint density at radius 1 is 0.500 bits per heavy atom. The normalized spacial score (nSPS) is 15.1. The molecule has 1 aromatic carbocycles. The number of carbonyl (C=O) groups is 9. The van der Waals surface area contributed by atoms with Crippen LogP contribution in [0.25, 0.3) is 0 Å². The smallest absolute Gasteiger partial charge is 0.326 e. The van der Waals surface area contributed by atoms with Crippen molar-refractivity contribution in [2.45, 2.75) is 157 Å². The van der Waals surface area contributed by atoms with Crippen LogP contribution in [0, 0.1) is 35.5 Å². The second-order valence-corrected chi connectivity index (χ2v) is 19.1. The highest BCUT2D eigenvalue weighted by molar-refractivity contribution is 5.97. The summed E-state index contributed by atoms with van der Waals surface area (Å²) in [6, 6.07) is 1.32. The van der Waals surface area contributed by atoms with Gasteiger partial charge >= 0.3 is 5.97 Å². The van der Waals surface area contributed by atoms with Crippen LogP contribution in [0.1, 0.15) is 114 Å². The van der Waals surface area contributed by atoms with Crippen molar-refractivity contribution in [3.63, 3.8) is 0 Å². The van der Waals surface area contributed by atoms with E-state index in [1.165, 1.54) is 0 Å². The molecule has 0 radical (unpaired) electrons. The van der Waals surface area contributed by atoms with Gasteiger partial charge in [0, 0.05) is 6.42 Å². The van der Waals surface area contributed by atoms with Gasteiger partial charge in [0.05, 0.1) is 19.1 Å². The quantitative estimate of drug-likeness (QED) is 0.0546. The molecule has 0 bridgehead atoms. The maximum absolute atomic E-state index is 13.8. The third-order valence-corrected chi connectivity index (χ3v) is 10.9. The zero-order valence-corrected chi connectivity index (χ0v) is 41.0. The van der Waals surface area contributed by atoms with Gasteiger partial charge in [-0.2, -0.15) is 0 Å². The van der Waals surface area contributed by atoms with Crippen molar-refractivity contribution in [3.8, 4) is 0 Å². The lowest BCUT2D eigenvalue weighted by Crippen LogP contribution is -2.58. The first-order valence-corrected chi connectivity index (χ1v) is 23.1. The molecule has 11 N–H and O–H groups in total. The maximum Gasteiger partial charge on any atom is 0.326 e. The van der Waals surface area contributed by atoms with E-state index in [4.69, 9.17) is 5.73 Å². The molecule has 0 saturated carbocycles. The van der Waals surface area contributed by atoms with E-state index in [-0.39, 0.29) is 42.9 Å². The van der Waals surface area contributed by atoms with E-state index >= 15 is 0 Å². The number of nitrogens with two attached hydrogens (primary N) is 1. The van der Waals surface area contributed by atoms with Crippen LogP contribution < -0.4 is 48.3 Å². The molecule has 372 valence electrons. The molecule has 0 aliphatic carbocycles. The third kappa shape index (κ3) is 21.6. The largest absolute Gasteiger partial charge is 0.480 e. The van der Waals surface area contributed by atoms with Crippen molar-refractivity contribution < 1.29 is 48.3 Å². The van der Waals surface area contributed by atoms with Crippen molar-refractivity contribution >= 4 is 53.2 Å². The van der Waals surface area contributed by atoms with Crippen molar-refractivity contribution in [2.75, 3.05) is 13.1 Å². The number of amides is 8. The average Bonchev–Trinajstić information content (AvgIpc) is 3.23. The lowest BCUT2D eigenvalue weighted by Gasteiger charge is -2.27. The zero-order chi connectivity index (χ0) is 50.4. The second-order valence-electron chi connectivity index (χ2n) is 19.1. The Morgan fingerprint density at radius 2 is 0.924 bits per heavy atom. The number of carboxylic acid groups (broad SMARTS) is 1. The number of carbonyl (C=O) groups excluding carboxylic acids is 8. The van der Waals surface area contributed by atoms with Crippen molar-refractivity contribution in [2.24, 2.45) is 41.2 Å². The maximum atomic E-state index is 13.8. The molecule has 0 aliphatic heterocycles. The molecule has 19 heteroatoms. The standard InChI is InChI=1S/C47H79N9O10/c1-13-30(12)40(55-37(58)24-49-41(59)32(19-25(2)3)52-42(60)33(20-26(4)5)54-45(63)38(48)28(8)9)46(64)50-23-36(57)51-35(22-31-17-15-14-16-18-31)43(61)53-34(21-27(6)7)44(62)56-39(29(10)11)47(65)66/h14-18,25-30,32-35,38-40H,13,19-24,48H2,1-12H3,(H,49,59)(H,50,64)(H,51,57)(H,52,60)(H,53,61)(H,54,63)(H,55,58)(H,56,62)(H,65,66)/t30-,32-,33-,34-,35-,38-,39-,40-/m0/s1. The summed E-state index contributed by atoms with van der Waals surface area (Å²) in [6.07, 6.45) is 1.17. The van der Waals surface area contributed by atoms with Crippen LogP contribution >= 0.6 is 0 Å². The molecule has 0 aromatic heterocycles. The first-order valence-electron chi connectivity index (χ1n) is 23.1. The Hall–Kier alpha value is -5.59. The van der Waals surface area contributed by atoms with Gasteiger partial charge in [-0.3, -0.25) is 38.4 Å². The highest BCUT2D eigenvalue weighted by Crippen LogP contribution is 2.13.